The van der Waals surface area contributed by atoms with Crippen molar-refractivity contribution in [3.8, 4) is 0 Å². The van der Waals surface area contributed by atoms with Crippen LogP contribution in [0, 0.1) is 0 Å². The molecule has 0 aliphatic heterocycles. The molecule has 1 rings (SSSR count). The first-order valence-electron chi connectivity index (χ1n) is 5.36. The maximum atomic E-state index is 11.7. The van der Waals surface area contributed by atoms with Gasteiger partial charge in [0.15, 0.2) is 6.54 Å². The average Bonchev–Trinajstić information content (AvgIpc) is 2.11. The number of halogens is 2. The fourth-order valence-corrected chi connectivity index (χ4v) is 1.76. The van der Waals surface area contributed by atoms with Crippen molar-refractivity contribution < 1.29 is 10.1 Å². The number of quaternary nitrogens is 1. The van der Waals surface area contributed by atoms with E-state index in [1.165, 1.54) is 0 Å². The molecule has 1 aromatic carbocycles. The van der Waals surface area contributed by atoms with E-state index in [0.29, 0.717) is 22.3 Å². The second-order valence-corrected chi connectivity index (χ2v) is 5.85. The second kappa shape index (κ2) is 5.71. The van der Waals surface area contributed by atoms with Crippen LogP contribution in [0.1, 0.15) is 20.8 Å². The summed E-state index contributed by atoms with van der Waals surface area (Å²) in [6, 6.07) is 4.96. The van der Waals surface area contributed by atoms with Crippen LogP contribution in [-0.4, -0.2) is 18.0 Å². The monoisotopic (exact) mass is 275 g/mol. The molecule has 0 unspecified atom stereocenters. The highest BCUT2D eigenvalue weighted by Crippen LogP contribution is 2.22. The molecule has 0 aliphatic carbocycles. The fourth-order valence-electron chi connectivity index (χ4n) is 1.24. The number of anilines is 1. The van der Waals surface area contributed by atoms with Crippen molar-refractivity contribution in [2.45, 2.75) is 26.3 Å². The Balaban J connectivity index is 2.56. The molecule has 0 aromatic heterocycles. The summed E-state index contributed by atoms with van der Waals surface area (Å²) in [6.45, 7) is 6.53. The Morgan fingerprint density at radius 1 is 1.24 bits per heavy atom. The van der Waals surface area contributed by atoms with E-state index in [1.54, 1.807) is 18.2 Å². The molecule has 3 nitrogen and oxygen atoms in total. The number of rotatable bonds is 3. The van der Waals surface area contributed by atoms with Crippen LogP contribution in [-0.2, 0) is 4.79 Å². The normalized spacial score (nSPS) is 11.4. The Labute approximate surface area is 111 Å². The molecular weight excluding hydrogens is 259 g/mol. The van der Waals surface area contributed by atoms with E-state index >= 15 is 0 Å². The van der Waals surface area contributed by atoms with Crippen LogP contribution in [0.2, 0.25) is 10.0 Å². The number of carbonyl (C=O) groups is 1. The molecule has 0 heterocycles. The Morgan fingerprint density at radius 2 is 1.76 bits per heavy atom. The zero-order valence-corrected chi connectivity index (χ0v) is 11.7. The zero-order chi connectivity index (χ0) is 13.1. The van der Waals surface area contributed by atoms with Crippen molar-refractivity contribution in [2.24, 2.45) is 0 Å². The molecule has 5 heteroatoms. The molecule has 0 fully saturated rings. The summed E-state index contributed by atoms with van der Waals surface area (Å²) in [6.07, 6.45) is 0. The van der Waals surface area contributed by atoms with Crippen molar-refractivity contribution in [3.05, 3.63) is 28.2 Å². The third-order valence-electron chi connectivity index (χ3n) is 2.05. The molecule has 0 saturated carbocycles. The van der Waals surface area contributed by atoms with Crippen molar-refractivity contribution >= 4 is 34.8 Å². The lowest BCUT2D eigenvalue weighted by Crippen LogP contribution is -2.95. The van der Waals surface area contributed by atoms with Crippen molar-refractivity contribution in [1.29, 1.82) is 0 Å². The van der Waals surface area contributed by atoms with Crippen molar-refractivity contribution in [3.63, 3.8) is 0 Å². The number of amides is 1. The van der Waals surface area contributed by atoms with E-state index in [1.807, 2.05) is 5.32 Å². The smallest absolute Gasteiger partial charge is 0.279 e. The van der Waals surface area contributed by atoms with Gasteiger partial charge in [-0.15, -0.1) is 0 Å². The first-order chi connectivity index (χ1) is 7.76. The van der Waals surface area contributed by atoms with Crippen LogP contribution in [0.4, 0.5) is 5.69 Å². The Bertz CT molecular complexity index is 393. The predicted octanol–water partition coefficient (Wildman–Crippen LogP) is 2.29. The highest BCUT2D eigenvalue weighted by molar-refractivity contribution is 6.35. The summed E-state index contributed by atoms with van der Waals surface area (Å²) in [5, 5.41) is 5.74. The van der Waals surface area contributed by atoms with Gasteiger partial charge >= 0.3 is 0 Å². The third-order valence-corrected chi connectivity index (χ3v) is 2.48. The summed E-state index contributed by atoms with van der Waals surface area (Å²) in [7, 11) is 0. The summed E-state index contributed by atoms with van der Waals surface area (Å²) < 4.78 is 0. The topological polar surface area (TPSA) is 45.7 Å². The van der Waals surface area contributed by atoms with E-state index in [0.717, 1.165) is 0 Å². The maximum absolute atomic E-state index is 11.7. The van der Waals surface area contributed by atoms with Crippen molar-refractivity contribution in [1.82, 2.24) is 0 Å². The van der Waals surface area contributed by atoms with E-state index < -0.39 is 0 Å². The van der Waals surface area contributed by atoms with Gasteiger partial charge in [0.2, 0.25) is 0 Å². The molecule has 1 aromatic rings. The van der Waals surface area contributed by atoms with Gasteiger partial charge in [0.05, 0.1) is 5.54 Å². The van der Waals surface area contributed by atoms with Gasteiger partial charge in [-0.3, -0.25) is 4.79 Å². The minimum atomic E-state index is -0.0711. The van der Waals surface area contributed by atoms with Gasteiger partial charge < -0.3 is 10.6 Å². The van der Waals surface area contributed by atoms with Crippen molar-refractivity contribution in [2.75, 3.05) is 11.9 Å². The molecule has 0 atom stereocenters. The molecule has 0 radical (unpaired) electrons. The van der Waals surface area contributed by atoms with Crippen LogP contribution in [0.25, 0.3) is 0 Å². The first kappa shape index (κ1) is 14.3. The molecular formula is C12H17Cl2N2O+. The molecule has 3 N–H and O–H groups in total. The van der Waals surface area contributed by atoms with E-state index in [2.05, 4.69) is 26.1 Å². The van der Waals surface area contributed by atoms with Crippen LogP contribution in [0.3, 0.4) is 0 Å². The maximum Gasteiger partial charge on any atom is 0.279 e. The Morgan fingerprint density at radius 3 is 2.24 bits per heavy atom. The summed E-state index contributed by atoms with van der Waals surface area (Å²) in [5.41, 5.74) is 0.651. The predicted molar refractivity (Wildman–Crippen MR) is 71.6 cm³/mol. The molecule has 0 bridgehead atoms. The molecule has 0 saturated heterocycles. The molecule has 1 amide bonds. The Hall–Kier alpha value is -0.770. The lowest BCUT2D eigenvalue weighted by atomic mass is 10.1. The number of carbonyl (C=O) groups excluding carboxylic acids is 1. The standard InChI is InChI=1S/C12H16Cl2N2O/c1-12(2,3)15-7-11(17)16-10-5-8(13)4-9(14)6-10/h4-6,15H,7H2,1-3H3,(H,16,17)/p+1. The SMILES string of the molecule is CC(C)(C)[NH2+]CC(=O)Nc1cc(Cl)cc(Cl)c1. The summed E-state index contributed by atoms with van der Waals surface area (Å²) in [5.74, 6) is -0.0711. The summed E-state index contributed by atoms with van der Waals surface area (Å²) >= 11 is 11.7. The van der Waals surface area contributed by atoms with E-state index in [-0.39, 0.29) is 11.4 Å². The van der Waals surface area contributed by atoms with Gasteiger partial charge in [0.1, 0.15) is 0 Å². The average molecular weight is 276 g/mol. The first-order valence-corrected chi connectivity index (χ1v) is 6.12. The number of hydrogen-bond donors (Lipinski definition) is 2. The number of hydrogen-bond acceptors (Lipinski definition) is 1. The van der Waals surface area contributed by atoms with E-state index in [9.17, 15) is 4.79 Å². The van der Waals surface area contributed by atoms with Gasteiger partial charge in [-0.2, -0.15) is 0 Å². The highest BCUT2D eigenvalue weighted by atomic mass is 35.5. The summed E-state index contributed by atoms with van der Waals surface area (Å²) in [4.78, 5) is 11.7. The third kappa shape index (κ3) is 5.91. The van der Waals surface area contributed by atoms with Gasteiger partial charge in [0.25, 0.3) is 5.91 Å². The number of benzene rings is 1. The van der Waals surface area contributed by atoms with E-state index in [4.69, 9.17) is 23.2 Å². The van der Waals surface area contributed by atoms with Crippen LogP contribution in [0.15, 0.2) is 18.2 Å². The minimum Gasteiger partial charge on any atom is -0.334 e. The quantitative estimate of drug-likeness (QED) is 0.874. The number of nitrogens with one attached hydrogen (secondary N) is 1. The second-order valence-electron chi connectivity index (χ2n) is 4.98. The van der Waals surface area contributed by atoms with Crippen LogP contribution in [0.5, 0.6) is 0 Å². The lowest BCUT2D eigenvalue weighted by Gasteiger charge is -2.16. The highest BCUT2D eigenvalue weighted by Gasteiger charge is 2.15. The lowest BCUT2D eigenvalue weighted by molar-refractivity contribution is -0.707. The molecule has 0 spiro atoms. The fraction of sp³-hybridized carbons (Fsp3) is 0.417. The molecule has 94 valence electrons. The van der Waals surface area contributed by atoms with Gasteiger partial charge in [-0.05, 0) is 39.0 Å². The van der Waals surface area contributed by atoms with Crippen LogP contribution >= 0.6 is 23.2 Å². The molecule has 17 heavy (non-hydrogen) atoms. The zero-order valence-electron chi connectivity index (χ0n) is 10.2. The minimum absolute atomic E-state index is 0.0311. The van der Waals surface area contributed by atoms with Crippen LogP contribution < -0.4 is 10.6 Å². The van der Waals surface area contributed by atoms with Gasteiger partial charge in [0, 0.05) is 15.7 Å². The largest absolute Gasteiger partial charge is 0.334 e. The Kier molecular flexibility index (Phi) is 4.80. The number of nitrogens with two attached hydrogens (primary N) is 1. The molecule has 0 aliphatic rings. The van der Waals surface area contributed by atoms with Gasteiger partial charge in [-0.1, -0.05) is 23.2 Å². The van der Waals surface area contributed by atoms with Gasteiger partial charge in [-0.25, -0.2) is 0 Å².